The highest BCUT2D eigenvalue weighted by atomic mass is 16.3. The van der Waals surface area contributed by atoms with E-state index in [0.717, 1.165) is 24.2 Å². The Hall–Kier alpha value is -0.0400. The van der Waals surface area contributed by atoms with Crippen molar-refractivity contribution in [2.45, 2.75) is 84.2 Å². The Balaban J connectivity index is 1.87. The molecule has 0 saturated heterocycles. The summed E-state index contributed by atoms with van der Waals surface area (Å²) in [6.07, 6.45) is 11.9. The third-order valence-corrected chi connectivity index (χ3v) is 7.04. The molecule has 4 bridgehead atoms. The minimum atomic E-state index is -0.423. The lowest BCUT2D eigenvalue weighted by Crippen LogP contribution is -2.59. The molecular weight excluding hydrogens is 232 g/mol. The molecule has 4 aliphatic carbocycles. The summed E-state index contributed by atoms with van der Waals surface area (Å²) in [4.78, 5) is 0. The first kappa shape index (κ1) is 13.9. The minimum Gasteiger partial charge on any atom is -0.389 e. The van der Waals surface area contributed by atoms with E-state index >= 15 is 0 Å². The number of hydrogen-bond donors (Lipinski definition) is 1. The van der Waals surface area contributed by atoms with Crippen LogP contribution in [0.1, 0.15) is 78.6 Å². The van der Waals surface area contributed by atoms with Gasteiger partial charge in [0.25, 0.3) is 0 Å². The molecule has 0 spiro atoms. The summed E-state index contributed by atoms with van der Waals surface area (Å²) in [5.41, 5.74) is -0.147. The molecular formula is C18H32O. The first-order valence-electron chi connectivity index (χ1n) is 8.73. The maximum atomic E-state index is 11.5. The highest BCUT2D eigenvalue weighted by Crippen LogP contribution is 2.65. The fourth-order valence-electron chi connectivity index (χ4n) is 6.39. The largest absolute Gasteiger partial charge is 0.389 e. The van der Waals surface area contributed by atoms with E-state index in [1.165, 1.54) is 51.4 Å². The Bertz CT molecular complexity index is 295. The van der Waals surface area contributed by atoms with Gasteiger partial charge in [0, 0.05) is 0 Å². The molecule has 4 fully saturated rings. The van der Waals surface area contributed by atoms with E-state index in [0.29, 0.717) is 5.92 Å². The molecule has 4 aliphatic rings. The molecule has 110 valence electrons. The van der Waals surface area contributed by atoms with Gasteiger partial charge >= 0.3 is 0 Å². The molecule has 1 nitrogen and oxygen atoms in total. The van der Waals surface area contributed by atoms with Crippen LogP contribution in [0.3, 0.4) is 0 Å². The Kier molecular flexibility index (Phi) is 3.48. The van der Waals surface area contributed by atoms with Gasteiger partial charge in [0.15, 0.2) is 0 Å². The smallest absolute Gasteiger partial charge is 0.0703 e. The van der Waals surface area contributed by atoms with Crippen LogP contribution >= 0.6 is 0 Å². The van der Waals surface area contributed by atoms with Gasteiger partial charge in [-0.1, -0.05) is 26.7 Å². The number of rotatable bonds is 5. The zero-order chi connectivity index (χ0) is 13.7. The maximum absolute atomic E-state index is 11.5. The van der Waals surface area contributed by atoms with E-state index < -0.39 is 5.60 Å². The normalized spacial score (nSPS) is 45.2. The third-order valence-electron chi connectivity index (χ3n) is 7.04. The second kappa shape index (κ2) is 4.76. The summed E-state index contributed by atoms with van der Waals surface area (Å²) in [6, 6.07) is 0. The monoisotopic (exact) mass is 264 g/mol. The van der Waals surface area contributed by atoms with Crippen LogP contribution in [-0.2, 0) is 0 Å². The van der Waals surface area contributed by atoms with Crippen LogP contribution in [-0.4, -0.2) is 10.7 Å². The van der Waals surface area contributed by atoms with Gasteiger partial charge in [-0.05, 0) is 81.0 Å². The summed E-state index contributed by atoms with van der Waals surface area (Å²) in [7, 11) is 0. The van der Waals surface area contributed by atoms with E-state index in [2.05, 4.69) is 20.8 Å². The van der Waals surface area contributed by atoms with Gasteiger partial charge in [-0.3, -0.25) is 0 Å². The molecule has 0 aromatic rings. The zero-order valence-corrected chi connectivity index (χ0v) is 13.1. The Morgan fingerprint density at radius 3 is 1.89 bits per heavy atom. The molecule has 0 aromatic carbocycles. The molecule has 0 aromatic heterocycles. The van der Waals surface area contributed by atoms with Gasteiger partial charge in [-0.2, -0.15) is 0 Å². The van der Waals surface area contributed by atoms with Crippen LogP contribution < -0.4 is 0 Å². The van der Waals surface area contributed by atoms with Gasteiger partial charge in [0.1, 0.15) is 0 Å². The van der Waals surface area contributed by atoms with Crippen LogP contribution in [0.2, 0.25) is 0 Å². The van der Waals surface area contributed by atoms with Crippen molar-refractivity contribution in [1.29, 1.82) is 0 Å². The molecule has 0 radical (unpaired) electrons. The van der Waals surface area contributed by atoms with Crippen molar-refractivity contribution in [2.75, 3.05) is 0 Å². The third kappa shape index (κ3) is 2.07. The van der Waals surface area contributed by atoms with Crippen LogP contribution in [0.4, 0.5) is 0 Å². The molecule has 1 heteroatoms. The first-order chi connectivity index (χ1) is 9.00. The predicted octanol–water partition coefficient (Wildman–Crippen LogP) is 4.78. The molecule has 1 N–H and O–H groups in total. The molecule has 4 rings (SSSR count). The van der Waals surface area contributed by atoms with Crippen molar-refractivity contribution in [3.63, 3.8) is 0 Å². The van der Waals surface area contributed by atoms with Gasteiger partial charge in [0.05, 0.1) is 5.60 Å². The van der Waals surface area contributed by atoms with Gasteiger partial charge < -0.3 is 5.11 Å². The number of hydrogen-bond acceptors (Lipinski definition) is 1. The Morgan fingerprint density at radius 2 is 1.53 bits per heavy atom. The second-order valence-electron chi connectivity index (χ2n) is 8.24. The maximum Gasteiger partial charge on any atom is 0.0703 e. The van der Waals surface area contributed by atoms with Crippen LogP contribution in [0.15, 0.2) is 0 Å². The van der Waals surface area contributed by atoms with Gasteiger partial charge in [-0.25, -0.2) is 0 Å². The zero-order valence-electron chi connectivity index (χ0n) is 13.1. The van der Waals surface area contributed by atoms with E-state index in [1.807, 2.05) is 0 Å². The average molecular weight is 264 g/mol. The van der Waals surface area contributed by atoms with Crippen molar-refractivity contribution in [3.05, 3.63) is 0 Å². The van der Waals surface area contributed by atoms with Crippen molar-refractivity contribution in [2.24, 2.45) is 29.1 Å². The summed E-state index contributed by atoms with van der Waals surface area (Å²) in [6.45, 7) is 6.73. The lowest BCUT2D eigenvalue weighted by Gasteiger charge is -2.63. The van der Waals surface area contributed by atoms with E-state index in [-0.39, 0.29) is 5.41 Å². The fourth-order valence-corrected chi connectivity index (χ4v) is 6.39. The topological polar surface area (TPSA) is 20.2 Å². The molecule has 4 saturated carbocycles. The quantitative estimate of drug-likeness (QED) is 0.757. The van der Waals surface area contributed by atoms with Crippen molar-refractivity contribution < 1.29 is 5.11 Å². The van der Waals surface area contributed by atoms with Gasteiger partial charge in [-0.15, -0.1) is 0 Å². The molecule has 2 unspecified atom stereocenters. The van der Waals surface area contributed by atoms with Crippen molar-refractivity contribution in [3.8, 4) is 0 Å². The van der Waals surface area contributed by atoms with Crippen LogP contribution in [0, 0.1) is 29.1 Å². The van der Waals surface area contributed by atoms with Crippen LogP contribution in [0.5, 0.6) is 0 Å². The minimum absolute atomic E-state index is 0.275. The second-order valence-corrected chi connectivity index (χ2v) is 8.24. The summed E-state index contributed by atoms with van der Waals surface area (Å²) >= 11 is 0. The fraction of sp³-hybridized carbons (Fsp3) is 1.00. The van der Waals surface area contributed by atoms with Crippen molar-refractivity contribution in [1.82, 2.24) is 0 Å². The highest BCUT2D eigenvalue weighted by molar-refractivity contribution is 5.10. The molecule has 2 atom stereocenters. The highest BCUT2D eigenvalue weighted by Gasteiger charge is 2.59. The van der Waals surface area contributed by atoms with E-state index in [9.17, 15) is 5.11 Å². The first-order valence-corrected chi connectivity index (χ1v) is 8.73. The molecule has 19 heavy (non-hydrogen) atoms. The van der Waals surface area contributed by atoms with Crippen molar-refractivity contribution >= 4 is 0 Å². The lowest BCUT2D eigenvalue weighted by molar-refractivity contribution is -0.196. The molecule has 0 heterocycles. The number of aliphatic hydroxyl groups is 1. The Labute approximate surface area is 119 Å². The standard InChI is InChI=1S/C18H32O/c1-4-6-16(5-2)17(3,19)18-10-13-7-14(11-18)9-15(8-13)12-18/h13-16,19H,4-12H2,1-3H3. The molecule has 0 amide bonds. The van der Waals surface area contributed by atoms with Gasteiger partial charge in [0.2, 0.25) is 0 Å². The lowest BCUT2D eigenvalue weighted by atomic mass is 9.44. The SMILES string of the molecule is CCCC(CC)C(C)(O)C12CC3CC(CC(C3)C1)C2. The Morgan fingerprint density at radius 1 is 1.05 bits per heavy atom. The summed E-state index contributed by atoms with van der Waals surface area (Å²) in [5.74, 6) is 3.33. The summed E-state index contributed by atoms with van der Waals surface area (Å²) in [5, 5.41) is 11.5. The average Bonchev–Trinajstić information content (AvgIpc) is 2.33. The van der Waals surface area contributed by atoms with E-state index in [1.54, 1.807) is 0 Å². The van der Waals surface area contributed by atoms with E-state index in [4.69, 9.17) is 0 Å². The van der Waals surface area contributed by atoms with Crippen LogP contribution in [0.25, 0.3) is 0 Å². The predicted molar refractivity (Wildman–Crippen MR) is 79.9 cm³/mol. The summed E-state index contributed by atoms with van der Waals surface area (Å²) < 4.78 is 0. The molecule has 0 aliphatic heterocycles.